The predicted octanol–water partition coefficient (Wildman–Crippen LogP) is 0.814. The van der Waals surface area contributed by atoms with Gasteiger partial charge in [-0.3, -0.25) is 0 Å². The molecule has 0 fully saturated rings. The Morgan fingerprint density at radius 1 is 1.65 bits per heavy atom. The topological polar surface area (TPSA) is 93.9 Å². The van der Waals surface area contributed by atoms with E-state index in [9.17, 15) is 4.79 Å². The molecule has 0 aliphatic carbocycles. The SMILES string of the molecule is COC(=O)c1nc2c(cc1N)c(C#N)cn2C. The van der Waals surface area contributed by atoms with Gasteiger partial charge >= 0.3 is 5.97 Å². The molecule has 6 nitrogen and oxygen atoms in total. The van der Waals surface area contributed by atoms with Gasteiger partial charge in [-0.25, -0.2) is 9.78 Å². The van der Waals surface area contributed by atoms with Gasteiger partial charge in [-0.15, -0.1) is 0 Å². The van der Waals surface area contributed by atoms with Crippen molar-refractivity contribution < 1.29 is 9.53 Å². The molecule has 6 heteroatoms. The highest BCUT2D eigenvalue weighted by Crippen LogP contribution is 2.23. The number of aromatic nitrogens is 2. The van der Waals surface area contributed by atoms with Crippen molar-refractivity contribution in [1.82, 2.24) is 9.55 Å². The number of nitrogens with two attached hydrogens (primary N) is 1. The molecule has 2 aromatic rings. The van der Waals surface area contributed by atoms with Gasteiger partial charge in [-0.05, 0) is 6.07 Å². The zero-order valence-corrected chi connectivity index (χ0v) is 9.39. The van der Waals surface area contributed by atoms with Gasteiger partial charge in [0.05, 0.1) is 18.4 Å². The maximum atomic E-state index is 11.4. The Morgan fingerprint density at radius 2 is 2.35 bits per heavy atom. The third-order valence-corrected chi connectivity index (χ3v) is 2.48. The second-order valence-electron chi connectivity index (χ2n) is 3.55. The number of carbonyl (C=O) groups excluding carboxylic acids is 1. The van der Waals surface area contributed by atoms with Crippen molar-refractivity contribution in [1.29, 1.82) is 5.26 Å². The van der Waals surface area contributed by atoms with Gasteiger partial charge in [0.15, 0.2) is 5.69 Å². The van der Waals surface area contributed by atoms with E-state index in [4.69, 9.17) is 11.0 Å². The number of hydrogen-bond donors (Lipinski definition) is 1. The lowest BCUT2D eigenvalue weighted by Gasteiger charge is -2.03. The van der Waals surface area contributed by atoms with Crippen molar-refractivity contribution in [3.05, 3.63) is 23.5 Å². The normalized spacial score (nSPS) is 10.2. The molecule has 0 aromatic carbocycles. The molecule has 86 valence electrons. The van der Waals surface area contributed by atoms with Gasteiger partial charge in [0.2, 0.25) is 0 Å². The fraction of sp³-hybridized carbons (Fsp3) is 0.182. The minimum Gasteiger partial charge on any atom is -0.464 e. The molecule has 2 aromatic heterocycles. The van der Waals surface area contributed by atoms with E-state index in [1.54, 1.807) is 23.9 Å². The Bertz CT molecular complexity index is 652. The third kappa shape index (κ3) is 1.58. The van der Waals surface area contributed by atoms with E-state index in [2.05, 4.69) is 9.72 Å². The highest BCUT2D eigenvalue weighted by Gasteiger charge is 2.16. The van der Waals surface area contributed by atoms with Crippen LogP contribution in [0.4, 0.5) is 5.69 Å². The minimum atomic E-state index is -0.593. The Morgan fingerprint density at radius 3 is 2.94 bits per heavy atom. The van der Waals surface area contributed by atoms with E-state index in [0.717, 1.165) is 0 Å². The number of ether oxygens (including phenoxy) is 1. The molecule has 0 saturated carbocycles. The first kappa shape index (κ1) is 11.0. The molecule has 0 aliphatic heterocycles. The van der Waals surface area contributed by atoms with Gasteiger partial charge in [-0.1, -0.05) is 0 Å². The number of aryl methyl sites for hydroxylation is 1. The number of anilines is 1. The number of nitrogen functional groups attached to an aromatic ring is 1. The molecule has 2 N–H and O–H groups in total. The Kier molecular flexibility index (Phi) is 2.44. The molecule has 17 heavy (non-hydrogen) atoms. The van der Waals surface area contributed by atoms with E-state index in [-0.39, 0.29) is 11.4 Å². The molecule has 0 spiro atoms. The fourth-order valence-electron chi connectivity index (χ4n) is 1.66. The quantitative estimate of drug-likeness (QED) is 0.731. The standard InChI is InChI=1S/C11H10N4O2/c1-15-5-6(4-12)7-3-8(13)9(11(16)17-2)14-10(7)15/h3,5H,13H2,1-2H3. The van der Waals surface area contributed by atoms with Crippen LogP contribution in [-0.2, 0) is 11.8 Å². The molecule has 0 bridgehead atoms. The zero-order valence-electron chi connectivity index (χ0n) is 9.39. The molecule has 0 atom stereocenters. The highest BCUT2D eigenvalue weighted by molar-refractivity contribution is 5.97. The summed E-state index contributed by atoms with van der Waals surface area (Å²) in [6, 6.07) is 3.61. The number of nitrogens with zero attached hydrogens (tertiary/aromatic N) is 3. The number of fused-ring (bicyclic) bond motifs is 1. The number of rotatable bonds is 1. The average Bonchev–Trinajstić information content (AvgIpc) is 2.63. The van der Waals surface area contributed by atoms with Crippen LogP contribution in [0.25, 0.3) is 11.0 Å². The number of carbonyl (C=O) groups is 1. The summed E-state index contributed by atoms with van der Waals surface area (Å²) in [6.07, 6.45) is 1.64. The Labute approximate surface area is 97.2 Å². The first-order valence-corrected chi connectivity index (χ1v) is 4.82. The summed E-state index contributed by atoms with van der Waals surface area (Å²) in [5.74, 6) is -0.593. The summed E-state index contributed by atoms with van der Waals surface area (Å²) >= 11 is 0. The summed E-state index contributed by atoms with van der Waals surface area (Å²) in [5, 5.41) is 9.57. The summed E-state index contributed by atoms with van der Waals surface area (Å²) in [4.78, 5) is 15.6. The number of hydrogen-bond acceptors (Lipinski definition) is 5. The smallest absolute Gasteiger partial charge is 0.358 e. The Hall–Kier alpha value is -2.55. The second-order valence-corrected chi connectivity index (χ2v) is 3.55. The van der Waals surface area contributed by atoms with Crippen LogP contribution in [-0.4, -0.2) is 22.6 Å². The molecule has 0 amide bonds. The molecule has 0 aliphatic rings. The zero-order chi connectivity index (χ0) is 12.6. The van der Waals surface area contributed by atoms with Gasteiger partial charge in [-0.2, -0.15) is 5.26 Å². The molecule has 0 radical (unpaired) electrons. The van der Waals surface area contributed by atoms with E-state index in [0.29, 0.717) is 16.6 Å². The lowest BCUT2D eigenvalue weighted by atomic mass is 10.2. The minimum absolute atomic E-state index is 0.0608. The number of methoxy groups -OCH3 is 1. The largest absolute Gasteiger partial charge is 0.464 e. The van der Waals surface area contributed by atoms with Gasteiger partial charge in [0, 0.05) is 18.6 Å². The first-order chi connectivity index (χ1) is 8.08. The van der Waals surface area contributed by atoms with Crippen molar-refractivity contribution in [2.24, 2.45) is 7.05 Å². The maximum absolute atomic E-state index is 11.4. The summed E-state index contributed by atoms with van der Waals surface area (Å²) in [7, 11) is 3.01. The molecule has 2 heterocycles. The van der Waals surface area contributed by atoms with Crippen LogP contribution in [0, 0.1) is 11.3 Å². The molecular formula is C11H10N4O2. The van der Waals surface area contributed by atoms with E-state index >= 15 is 0 Å². The summed E-state index contributed by atoms with van der Waals surface area (Å²) in [6.45, 7) is 0. The molecule has 2 rings (SSSR count). The average molecular weight is 230 g/mol. The lowest BCUT2D eigenvalue weighted by molar-refractivity contribution is 0.0596. The fourth-order valence-corrected chi connectivity index (χ4v) is 1.66. The van der Waals surface area contributed by atoms with Gasteiger partial charge in [0.25, 0.3) is 0 Å². The van der Waals surface area contributed by atoms with Crippen LogP contribution < -0.4 is 5.73 Å². The third-order valence-electron chi connectivity index (χ3n) is 2.48. The number of pyridine rings is 1. The van der Waals surface area contributed by atoms with Crippen molar-refractivity contribution in [3.63, 3.8) is 0 Å². The van der Waals surface area contributed by atoms with Crippen LogP contribution in [0.15, 0.2) is 12.3 Å². The second kappa shape index (κ2) is 3.79. The number of nitriles is 1. The molecular weight excluding hydrogens is 220 g/mol. The predicted molar refractivity (Wildman–Crippen MR) is 61.2 cm³/mol. The molecule has 0 saturated heterocycles. The van der Waals surface area contributed by atoms with Crippen LogP contribution in [0.2, 0.25) is 0 Å². The van der Waals surface area contributed by atoms with Gasteiger partial charge < -0.3 is 15.0 Å². The number of esters is 1. The van der Waals surface area contributed by atoms with Crippen LogP contribution in [0.3, 0.4) is 0 Å². The Balaban J connectivity index is 2.78. The maximum Gasteiger partial charge on any atom is 0.358 e. The van der Waals surface area contributed by atoms with Gasteiger partial charge in [0.1, 0.15) is 11.7 Å². The van der Waals surface area contributed by atoms with Crippen LogP contribution in [0.1, 0.15) is 16.1 Å². The van der Waals surface area contributed by atoms with Crippen molar-refractivity contribution in [2.75, 3.05) is 12.8 Å². The summed E-state index contributed by atoms with van der Waals surface area (Å²) < 4.78 is 6.25. The van der Waals surface area contributed by atoms with Crippen molar-refractivity contribution in [2.45, 2.75) is 0 Å². The van der Waals surface area contributed by atoms with E-state index in [1.807, 2.05) is 6.07 Å². The van der Waals surface area contributed by atoms with Crippen LogP contribution in [0.5, 0.6) is 0 Å². The van der Waals surface area contributed by atoms with E-state index in [1.165, 1.54) is 7.11 Å². The first-order valence-electron chi connectivity index (χ1n) is 4.82. The summed E-state index contributed by atoms with van der Waals surface area (Å²) in [5.41, 5.74) is 6.97. The van der Waals surface area contributed by atoms with Crippen molar-refractivity contribution >= 4 is 22.7 Å². The van der Waals surface area contributed by atoms with Crippen molar-refractivity contribution in [3.8, 4) is 6.07 Å². The lowest BCUT2D eigenvalue weighted by Crippen LogP contribution is -2.09. The monoisotopic (exact) mass is 230 g/mol. The van der Waals surface area contributed by atoms with Crippen LogP contribution >= 0.6 is 0 Å². The highest BCUT2D eigenvalue weighted by atomic mass is 16.5. The molecule has 0 unspecified atom stereocenters. The van der Waals surface area contributed by atoms with E-state index < -0.39 is 5.97 Å².